The number of nitrogens with one attached hydrogen (secondary N) is 1. The van der Waals surface area contributed by atoms with Gasteiger partial charge in [0.05, 0.1) is 17.0 Å². The number of halogens is 2. The maximum absolute atomic E-state index is 12.8. The van der Waals surface area contributed by atoms with E-state index in [9.17, 15) is 14.4 Å². The summed E-state index contributed by atoms with van der Waals surface area (Å²) in [6, 6.07) is 19.3. The van der Waals surface area contributed by atoms with E-state index in [4.69, 9.17) is 32.7 Å². The Labute approximate surface area is 222 Å². The molecule has 0 atom stereocenters. The van der Waals surface area contributed by atoms with Gasteiger partial charge in [-0.25, -0.2) is 0 Å². The Kier molecular flexibility index (Phi) is 8.20. The minimum Gasteiger partial charge on any atom is -0.493 e. The first kappa shape index (κ1) is 25.6. The molecule has 0 aromatic heterocycles. The van der Waals surface area contributed by atoms with Crippen molar-refractivity contribution in [1.29, 1.82) is 0 Å². The third-order valence-corrected chi connectivity index (χ3v) is 6.52. The van der Waals surface area contributed by atoms with Gasteiger partial charge in [0.1, 0.15) is 13.2 Å². The quantitative estimate of drug-likeness (QED) is 0.338. The molecule has 36 heavy (non-hydrogen) atoms. The Morgan fingerprint density at radius 1 is 1.06 bits per heavy atom. The zero-order valence-electron chi connectivity index (χ0n) is 19.0. The topological polar surface area (TPSA) is 84.9 Å². The highest BCUT2D eigenvalue weighted by molar-refractivity contribution is 8.18. The second kappa shape index (κ2) is 11.5. The molecule has 10 heteroatoms. The van der Waals surface area contributed by atoms with Gasteiger partial charge in [0, 0.05) is 10.7 Å². The van der Waals surface area contributed by atoms with Gasteiger partial charge in [0.2, 0.25) is 5.91 Å². The van der Waals surface area contributed by atoms with Crippen molar-refractivity contribution in [1.82, 2.24) is 4.90 Å². The van der Waals surface area contributed by atoms with Crippen LogP contribution in [0, 0.1) is 0 Å². The van der Waals surface area contributed by atoms with E-state index in [1.54, 1.807) is 48.5 Å². The second-order valence-electron chi connectivity index (χ2n) is 7.63. The van der Waals surface area contributed by atoms with Crippen molar-refractivity contribution in [2.24, 2.45) is 0 Å². The molecule has 1 saturated heterocycles. The van der Waals surface area contributed by atoms with Crippen molar-refractivity contribution >= 4 is 63.8 Å². The van der Waals surface area contributed by atoms with Crippen LogP contribution in [0.15, 0.2) is 71.6 Å². The lowest BCUT2D eigenvalue weighted by atomic mass is 10.1. The number of imide groups is 1. The van der Waals surface area contributed by atoms with Crippen LogP contribution in [0.5, 0.6) is 11.5 Å². The summed E-state index contributed by atoms with van der Waals surface area (Å²) in [4.78, 5) is 38.7. The fourth-order valence-electron chi connectivity index (χ4n) is 3.35. The monoisotopic (exact) mass is 542 g/mol. The molecule has 1 heterocycles. The van der Waals surface area contributed by atoms with E-state index in [0.29, 0.717) is 27.8 Å². The molecule has 0 bridgehead atoms. The van der Waals surface area contributed by atoms with E-state index in [2.05, 4.69) is 5.32 Å². The van der Waals surface area contributed by atoms with Gasteiger partial charge in [0.25, 0.3) is 11.1 Å². The molecule has 3 aromatic carbocycles. The molecule has 1 fully saturated rings. The van der Waals surface area contributed by atoms with Crippen LogP contribution in [-0.4, -0.2) is 35.6 Å². The lowest BCUT2D eigenvalue weighted by Gasteiger charge is -2.14. The molecular weight excluding hydrogens is 523 g/mol. The highest BCUT2D eigenvalue weighted by atomic mass is 35.5. The number of rotatable bonds is 8. The second-order valence-corrected chi connectivity index (χ2v) is 9.47. The van der Waals surface area contributed by atoms with Crippen LogP contribution in [0.3, 0.4) is 0 Å². The number of amides is 3. The van der Waals surface area contributed by atoms with E-state index in [0.717, 1.165) is 22.2 Å². The number of benzene rings is 3. The molecule has 0 radical (unpaired) electrons. The Morgan fingerprint density at radius 2 is 1.78 bits per heavy atom. The number of hydrogen-bond acceptors (Lipinski definition) is 6. The molecule has 0 aliphatic carbocycles. The number of carbonyl (C=O) groups is 3. The van der Waals surface area contributed by atoms with Gasteiger partial charge < -0.3 is 14.8 Å². The lowest BCUT2D eigenvalue weighted by molar-refractivity contribution is -0.127. The minimum atomic E-state index is -0.564. The largest absolute Gasteiger partial charge is 0.493 e. The van der Waals surface area contributed by atoms with Crippen LogP contribution in [0.2, 0.25) is 10.0 Å². The van der Waals surface area contributed by atoms with Gasteiger partial charge in [-0.15, -0.1) is 0 Å². The highest BCUT2D eigenvalue weighted by Gasteiger charge is 2.36. The van der Waals surface area contributed by atoms with E-state index in [1.807, 2.05) is 18.2 Å². The standard InChI is InChI=1S/C26H20Cl2N2O5S/c1-34-21-12-17(11-20(28)24(21)35-15-16-7-9-18(27)10-8-16)13-22-25(32)30(26(33)36-22)14-23(31)29-19-5-3-2-4-6-19/h2-13H,14-15H2,1H3,(H,29,31)/b22-13-. The summed E-state index contributed by atoms with van der Waals surface area (Å²) in [5, 5.41) is 3.03. The predicted octanol–water partition coefficient (Wildman–Crippen LogP) is 6.26. The number of methoxy groups -OCH3 is 1. The van der Waals surface area contributed by atoms with Crippen molar-refractivity contribution in [2.75, 3.05) is 19.0 Å². The molecule has 0 spiro atoms. The van der Waals surface area contributed by atoms with Gasteiger partial charge in [-0.05, 0) is 65.4 Å². The van der Waals surface area contributed by atoms with Crippen LogP contribution in [0.25, 0.3) is 6.08 Å². The third-order valence-electron chi connectivity index (χ3n) is 5.08. The average Bonchev–Trinajstić information content (AvgIpc) is 3.12. The molecule has 184 valence electrons. The van der Waals surface area contributed by atoms with Crippen LogP contribution in [0.4, 0.5) is 10.5 Å². The summed E-state index contributed by atoms with van der Waals surface area (Å²) in [7, 11) is 1.48. The number of ether oxygens (including phenoxy) is 2. The van der Waals surface area contributed by atoms with Gasteiger partial charge in [-0.2, -0.15) is 0 Å². The summed E-state index contributed by atoms with van der Waals surface area (Å²) < 4.78 is 11.3. The molecule has 4 rings (SSSR count). The first-order chi connectivity index (χ1) is 17.3. The molecular formula is C26H20Cl2N2O5S. The van der Waals surface area contributed by atoms with Gasteiger partial charge >= 0.3 is 0 Å². The molecule has 0 saturated carbocycles. The number of carbonyl (C=O) groups excluding carboxylic acids is 3. The van der Waals surface area contributed by atoms with Gasteiger partial charge in [-0.3, -0.25) is 19.3 Å². The number of thioether (sulfide) groups is 1. The summed E-state index contributed by atoms with van der Waals surface area (Å²) in [6.07, 6.45) is 1.53. The van der Waals surface area contributed by atoms with Crippen molar-refractivity contribution in [3.05, 3.63) is 92.8 Å². The van der Waals surface area contributed by atoms with Crippen molar-refractivity contribution in [2.45, 2.75) is 6.61 Å². The van der Waals surface area contributed by atoms with Gasteiger partial charge in [0.15, 0.2) is 11.5 Å². The SMILES string of the molecule is COc1cc(/C=C2\SC(=O)N(CC(=O)Nc3ccccc3)C2=O)cc(Cl)c1OCc1ccc(Cl)cc1. The van der Waals surface area contributed by atoms with Crippen molar-refractivity contribution in [3.63, 3.8) is 0 Å². The summed E-state index contributed by atoms with van der Waals surface area (Å²) >= 11 is 13.1. The number of anilines is 1. The number of hydrogen-bond donors (Lipinski definition) is 1. The Bertz CT molecular complexity index is 1330. The van der Waals surface area contributed by atoms with Crippen LogP contribution in [0.1, 0.15) is 11.1 Å². The maximum Gasteiger partial charge on any atom is 0.294 e. The van der Waals surface area contributed by atoms with E-state index >= 15 is 0 Å². The number of nitrogens with zero attached hydrogens (tertiary/aromatic N) is 1. The zero-order chi connectivity index (χ0) is 25.7. The molecule has 1 N–H and O–H groups in total. The highest BCUT2D eigenvalue weighted by Crippen LogP contribution is 2.39. The molecule has 3 amide bonds. The molecule has 1 aliphatic heterocycles. The smallest absolute Gasteiger partial charge is 0.294 e. The summed E-state index contributed by atoms with van der Waals surface area (Å²) in [6.45, 7) is -0.144. The maximum atomic E-state index is 12.8. The Hall–Kier alpha value is -3.46. The minimum absolute atomic E-state index is 0.167. The zero-order valence-corrected chi connectivity index (χ0v) is 21.3. The summed E-state index contributed by atoms with van der Waals surface area (Å²) in [5.41, 5.74) is 2.01. The molecule has 3 aromatic rings. The van der Waals surface area contributed by atoms with Crippen molar-refractivity contribution in [3.8, 4) is 11.5 Å². The van der Waals surface area contributed by atoms with E-state index in [1.165, 1.54) is 13.2 Å². The lowest BCUT2D eigenvalue weighted by Crippen LogP contribution is -2.36. The number of para-hydroxylation sites is 1. The van der Waals surface area contributed by atoms with Crippen LogP contribution < -0.4 is 14.8 Å². The predicted molar refractivity (Wildman–Crippen MR) is 142 cm³/mol. The van der Waals surface area contributed by atoms with Gasteiger partial charge in [-0.1, -0.05) is 53.5 Å². The van der Waals surface area contributed by atoms with Crippen LogP contribution in [-0.2, 0) is 16.2 Å². The molecule has 7 nitrogen and oxygen atoms in total. The van der Waals surface area contributed by atoms with E-state index < -0.39 is 23.6 Å². The molecule has 0 unspecified atom stereocenters. The van der Waals surface area contributed by atoms with Crippen LogP contribution >= 0.6 is 35.0 Å². The third kappa shape index (κ3) is 6.20. The summed E-state index contributed by atoms with van der Waals surface area (Å²) in [5.74, 6) is -0.329. The fraction of sp³-hybridized carbons (Fsp3) is 0.115. The fourth-order valence-corrected chi connectivity index (χ4v) is 4.59. The van der Waals surface area contributed by atoms with E-state index in [-0.39, 0.29) is 16.5 Å². The Morgan fingerprint density at radius 3 is 2.47 bits per heavy atom. The first-order valence-corrected chi connectivity index (χ1v) is 12.3. The first-order valence-electron chi connectivity index (χ1n) is 10.7. The van der Waals surface area contributed by atoms with Crippen molar-refractivity contribution < 1.29 is 23.9 Å². The molecule has 1 aliphatic rings. The Balaban J connectivity index is 1.47. The normalized spacial score (nSPS) is 14.3. The average molecular weight is 543 g/mol.